The predicted molar refractivity (Wildman–Crippen MR) is 84.2 cm³/mol. The van der Waals surface area contributed by atoms with E-state index in [1.165, 1.54) is 0 Å². The minimum atomic E-state index is -0.130. The van der Waals surface area contributed by atoms with E-state index >= 15 is 0 Å². The van der Waals surface area contributed by atoms with Crippen LogP contribution in [0.25, 0.3) is 0 Å². The summed E-state index contributed by atoms with van der Waals surface area (Å²) in [7, 11) is 0. The standard InChI is InChI=1S/C15H18N4O3S/c1-9-13(18-22-17-9)7-14(20)16-11-3-5-19(8-11)15(21)12-4-6-23-10(12)2/h4,6,11H,3,5,7-8H2,1-2H3,(H,16,20). The molecule has 1 N–H and O–H groups in total. The van der Waals surface area contributed by atoms with Crippen LogP contribution in [0.2, 0.25) is 0 Å². The van der Waals surface area contributed by atoms with Crippen LogP contribution in [0.3, 0.4) is 0 Å². The molecule has 1 aliphatic rings. The molecule has 3 rings (SSSR count). The first kappa shape index (κ1) is 15.7. The van der Waals surface area contributed by atoms with Crippen LogP contribution in [0.1, 0.15) is 33.0 Å². The van der Waals surface area contributed by atoms with Crippen molar-refractivity contribution in [3.8, 4) is 0 Å². The lowest BCUT2D eigenvalue weighted by Gasteiger charge is -2.17. The van der Waals surface area contributed by atoms with E-state index in [2.05, 4.69) is 20.3 Å². The zero-order valence-corrected chi connectivity index (χ0v) is 13.9. The first-order chi connectivity index (χ1) is 11.0. The zero-order chi connectivity index (χ0) is 16.4. The summed E-state index contributed by atoms with van der Waals surface area (Å²) in [6.45, 7) is 4.89. The van der Waals surface area contributed by atoms with Gasteiger partial charge in [-0.2, -0.15) is 0 Å². The van der Waals surface area contributed by atoms with Gasteiger partial charge in [0.2, 0.25) is 5.91 Å². The van der Waals surface area contributed by atoms with Gasteiger partial charge in [-0.25, -0.2) is 4.63 Å². The second-order valence-electron chi connectivity index (χ2n) is 5.67. The summed E-state index contributed by atoms with van der Waals surface area (Å²) < 4.78 is 4.59. The number of nitrogens with one attached hydrogen (secondary N) is 1. The molecule has 3 heterocycles. The van der Waals surface area contributed by atoms with Gasteiger partial charge in [0.05, 0.1) is 12.0 Å². The summed E-state index contributed by atoms with van der Waals surface area (Å²) in [5.74, 6) is -0.0909. The summed E-state index contributed by atoms with van der Waals surface area (Å²) in [6, 6.07) is 1.83. The molecule has 0 bridgehead atoms. The minimum Gasteiger partial charge on any atom is -0.351 e. The highest BCUT2D eigenvalue weighted by atomic mass is 32.1. The maximum Gasteiger partial charge on any atom is 0.255 e. The lowest BCUT2D eigenvalue weighted by atomic mass is 10.2. The Hall–Kier alpha value is -2.22. The van der Waals surface area contributed by atoms with Crippen molar-refractivity contribution < 1.29 is 14.2 Å². The number of likely N-dealkylation sites (tertiary alicyclic amines) is 1. The molecule has 0 radical (unpaired) electrons. The smallest absolute Gasteiger partial charge is 0.255 e. The first-order valence-electron chi connectivity index (χ1n) is 7.45. The third-order valence-electron chi connectivity index (χ3n) is 4.00. The molecular formula is C15H18N4O3S. The maximum atomic E-state index is 12.5. The summed E-state index contributed by atoms with van der Waals surface area (Å²) in [6.07, 6.45) is 0.903. The van der Waals surface area contributed by atoms with Crippen molar-refractivity contribution in [3.63, 3.8) is 0 Å². The van der Waals surface area contributed by atoms with Gasteiger partial charge in [0.15, 0.2) is 0 Å². The molecule has 1 atom stereocenters. The fraction of sp³-hybridized carbons (Fsp3) is 0.467. The molecule has 0 spiro atoms. The van der Waals surface area contributed by atoms with Crippen LogP contribution in [0.5, 0.6) is 0 Å². The molecule has 0 aromatic carbocycles. The molecule has 2 aromatic rings. The van der Waals surface area contributed by atoms with Crippen LogP contribution in [-0.2, 0) is 11.2 Å². The molecule has 1 fully saturated rings. The Bertz CT molecular complexity index is 724. The first-order valence-corrected chi connectivity index (χ1v) is 8.33. The number of hydrogen-bond acceptors (Lipinski definition) is 6. The van der Waals surface area contributed by atoms with E-state index in [0.717, 1.165) is 16.9 Å². The van der Waals surface area contributed by atoms with Gasteiger partial charge < -0.3 is 10.2 Å². The molecule has 122 valence electrons. The highest BCUT2D eigenvalue weighted by Gasteiger charge is 2.29. The lowest BCUT2D eigenvalue weighted by molar-refractivity contribution is -0.121. The number of hydrogen-bond donors (Lipinski definition) is 1. The average molecular weight is 334 g/mol. The fourth-order valence-corrected chi connectivity index (χ4v) is 3.37. The van der Waals surface area contributed by atoms with Crippen molar-refractivity contribution in [2.24, 2.45) is 0 Å². The molecule has 7 nitrogen and oxygen atoms in total. The van der Waals surface area contributed by atoms with Crippen molar-refractivity contribution in [2.75, 3.05) is 13.1 Å². The second kappa shape index (κ2) is 6.49. The SMILES string of the molecule is Cc1nonc1CC(=O)NC1CCN(C(=O)c2ccsc2C)C1. The third kappa shape index (κ3) is 3.42. The highest BCUT2D eigenvalue weighted by molar-refractivity contribution is 7.10. The predicted octanol–water partition coefficient (Wildman–Crippen LogP) is 1.32. The molecule has 0 saturated carbocycles. The van der Waals surface area contributed by atoms with Crippen LogP contribution in [0.4, 0.5) is 0 Å². The number of carbonyl (C=O) groups is 2. The van der Waals surface area contributed by atoms with Gasteiger partial charge >= 0.3 is 0 Å². The minimum absolute atomic E-state index is 0.0226. The average Bonchev–Trinajstić information content (AvgIpc) is 3.22. The molecule has 1 saturated heterocycles. The van der Waals surface area contributed by atoms with Crippen LogP contribution < -0.4 is 5.32 Å². The number of amides is 2. The van der Waals surface area contributed by atoms with Crippen molar-refractivity contribution in [1.29, 1.82) is 0 Å². The van der Waals surface area contributed by atoms with Crippen LogP contribution in [0.15, 0.2) is 16.1 Å². The Morgan fingerprint density at radius 1 is 1.43 bits per heavy atom. The fourth-order valence-electron chi connectivity index (χ4n) is 2.68. The molecule has 1 unspecified atom stereocenters. The van der Waals surface area contributed by atoms with Gasteiger partial charge in [0.25, 0.3) is 5.91 Å². The Balaban J connectivity index is 1.54. The zero-order valence-electron chi connectivity index (χ0n) is 13.0. The second-order valence-corrected chi connectivity index (χ2v) is 6.79. The normalized spacial score (nSPS) is 17.5. The number of nitrogens with zero attached hydrogens (tertiary/aromatic N) is 3. The van der Waals surface area contributed by atoms with E-state index in [1.807, 2.05) is 18.4 Å². The Morgan fingerprint density at radius 2 is 2.26 bits per heavy atom. The topological polar surface area (TPSA) is 88.3 Å². The summed E-state index contributed by atoms with van der Waals surface area (Å²) in [5.41, 5.74) is 1.92. The van der Waals surface area contributed by atoms with Gasteiger partial charge in [0.1, 0.15) is 11.4 Å². The van der Waals surface area contributed by atoms with Crippen molar-refractivity contribution >= 4 is 23.2 Å². The highest BCUT2D eigenvalue weighted by Crippen LogP contribution is 2.20. The Morgan fingerprint density at radius 3 is 2.91 bits per heavy atom. The van der Waals surface area contributed by atoms with Gasteiger partial charge in [-0.1, -0.05) is 10.3 Å². The van der Waals surface area contributed by atoms with Gasteiger partial charge in [-0.05, 0) is 31.7 Å². The summed E-state index contributed by atoms with van der Waals surface area (Å²) >= 11 is 1.57. The van der Waals surface area contributed by atoms with Gasteiger partial charge in [-0.15, -0.1) is 11.3 Å². The number of aromatic nitrogens is 2. The van der Waals surface area contributed by atoms with Crippen molar-refractivity contribution in [3.05, 3.63) is 33.3 Å². The van der Waals surface area contributed by atoms with E-state index in [4.69, 9.17) is 0 Å². The summed E-state index contributed by atoms with van der Waals surface area (Å²) in [5, 5.41) is 12.2. The summed E-state index contributed by atoms with van der Waals surface area (Å²) in [4.78, 5) is 27.3. The van der Waals surface area contributed by atoms with Crippen molar-refractivity contribution in [2.45, 2.75) is 32.7 Å². The van der Waals surface area contributed by atoms with Gasteiger partial charge in [-0.3, -0.25) is 9.59 Å². The van der Waals surface area contributed by atoms with Crippen LogP contribution >= 0.6 is 11.3 Å². The Kier molecular flexibility index (Phi) is 4.42. The number of rotatable bonds is 4. The van der Waals surface area contributed by atoms with Crippen LogP contribution in [-0.4, -0.2) is 46.2 Å². The molecule has 1 aliphatic heterocycles. The quantitative estimate of drug-likeness (QED) is 0.911. The van der Waals surface area contributed by atoms with E-state index in [0.29, 0.717) is 24.5 Å². The Labute approximate surface area is 137 Å². The molecule has 0 aliphatic carbocycles. The molecular weight excluding hydrogens is 316 g/mol. The van der Waals surface area contributed by atoms with Crippen molar-refractivity contribution in [1.82, 2.24) is 20.5 Å². The molecule has 2 aromatic heterocycles. The maximum absolute atomic E-state index is 12.5. The molecule has 8 heteroatoms. The number of carbonyl (C=O) groups excluding carboxylic acids is 2. The molecule has 23 heavy (non-hydrogen) atoms. The van der Waals surface area contributed by atoms with Crippen LogP contribution in [0, 0.1) is 13.8 Å². The van der Waals surface area contributed by atoms with E-state index < -0.39 is 0 Å². The number of thiophene rings is 1. The van der Waals surface area contributed by atoms with E-state index in [1.54, 1.807) is 23.2 Å². The third-order valence-corrected chi connectivity index (χ3v) is 4.85. The molecule has 2 amide bonds. The van der Waals surface area contributed by atoms with E-state index in [-0.39, 0.29) is 24.3 Å². The number of aryl methyl sites for hydroxylation is 2. The van der Waals surface area contributed by atoms with Gasteiger partial charge in [0, 0.05) is 24.0 Å². The monoisotopic (exact) mass is 334 g/mol. The lowest BCUT2D eigenvalue weighted by Crippen LogP contribution is -2.39. The van der Waals surface area contributed by atoms with E-state index in [9.17, 15) is 9.59 Å². The largest absolute Gasteiger partial charge is 0.351 e.